The van der Waals surface area contributed by atoms with E-state index in [0.717, 1.165) is 0 Å². The number of benzene rings is 3. The van der Waals surface area contributed by atoms with Gasteiger partial charge in [0.1, 0.15) is 0 Å². The zero-order valence-corrected chi connectivity index (χ0v) is 12.0. The molecule has 1 heteroatoms. The van der Waals surface area contributed by atoms with Crippen molar-refractivity contribution in [2.75, 3.05) is 0 Å². The summed E-state index contributed by atoms with van der Waals surface area (Å²) in [6, 6.07) is 21.4. The summed E-state index contributed by atoms with van der Waals surface area (Å²) in [5.41, 5.74) is 0. The molecule has 0 N–H and O–H groups in total. The second-order valence-electron chi connectivity index (χ2n) is 3.55. The average Bonchev–Trinajstić information content (AvgIpc) is 2.26. The maximum absolute atomic E-state index is 2.24. The number of hydrogen-bond donors (Lipinski definition) is 0. The van der Waals surface area contributed by atoms with Crippen molar-refractivity contribution in [1.29, 1.82) is 0 Å². The summed E-state index contributed by atoms with van der Waals surface area (Å²) >= 11 is 0. The van der Waals surface area contributed by atoms with Crippen LogP contribution in [0.5, 0.6) is 0 Å². The Morgan fingerprint density at radius 2 is 0.733 bits per heavy atom. The first-order valence-electron chi connectivity index (χ1n) is 4.81. The molecule has 3 aromatic carbocycles. The van der Waals surface area contributed by atoms with Gasteiger partial charge >= 0.3 is 0 Å². The Morgan fingerprint density at radius 3 is 1.00 bits per heavy atom. The third kappa shape index (κ3) is 2.11. The molecule has 3 rings (SSSR count). The molecule has 0 aliphatic rings. The Bertz CT molecular complexity index is 494. The van der Waals surface area contributed by atoms with Crippen molar-refractivity contribution in [2.24, 2.45) is 0 Å². The Balaban J connectivity index is 0.000000853. The molecule has 0 spiro atoms. The van der Waals surface area contributed by atoms with E-state index in [-0.39, 0.29) is 45.5 Å². The van der Waals surface area contributed by atoms with Crippen LogP contribution in [0.4, 0.5) is 0 Å². The van der Waals surface area contributed by atoms with Gasteiger partial charge in [-0.25, -0.2) is 0 Å². The first-order chi connectivity index (χ1) is 6.93. The second kappa shape index (κ2) is 4.67. The minimum absolute atomic E-state index is 0. The maximum Gasteiger partial charge on any atom is 0 e. The number of fused-ring (bicyclic) bond motifs is 2. The summed E-state index contributed by atoms with van der Waals surface area (Å²) in [7, 11) is 0. The SMILES string of the molecule is [Sr].c1ccc2cc3ccccc3cc2c1. The van der Waals surface area contributed by atoms with Crippen LogP contribution in [0.3, 0.4) is 0 Å². The van der Waals surface area contributed by atoms with Gasteiger partial charge in [-0.15, -0.1) is 0 Å². The fourth-order valence-electron chi connectivity index (χ4n) is 1.88. The van der Waals surface area contributed by atoms with Gasteiger partial charge in [-0.05, 0) is 33.7 Å². The van der Waals surface area contributed by atoms with E-state index in [1.165, 1.54) is 21.5 Å². The molecule has 68 valence electrons. The van der Waals surface area contributed by atoms with Gasteiger partial charge in [0, 0.05) is 45.5 Å². The van der Waals surface area contributed by atoms with Crippen LogP contribution in [0.1, 0.15) is 0 Å². The predicted octanol–water partition coefficient (Wildman–Crippen LogP) is 3.61. The molecule has 0 fully saturated rings. The van der Waals surface area contributed by atoms with Crippen molar-refractivity contribution in [3.8, 4) is 0 Å². The van der Waals surface area contributed by atoms with Gasteiger partial charge in [0.25, 0.3) is 0 Å². The molecule has 0 aromatic heterocycles. The number of hydrogen-bond acceptors (Lipinski definition) is 0. The van der Waals surface area contributed by atoms with Crippen molar-refractivity contribution in [3.63, 3.8) is 0 Å². The summed E-state index contributed by atoms with van der Waals surface area (Å²) in [6.07, 6.45) is 0. The maximum atomic E-state index is 2.24. The standard InChI is InChI=1S/C14H10.Sr/c1-2-6-12-10-14-8-4-3-7-13(14)9-11(12)5-1;/h1-10H;. The molecule has 0 saturated carbocycles. The molecule has 0 atom stereocenters. The van der Waals surface area contributed by atoms with E-state index in [1.54, 1.807) is 0 Å². The van der Waals surface area contributed by atoms with Crippen LogP contribution in [-0.2, 0) is 0 Å². The van der Waals surface area contributed by atoms with Gasteiger partial charge in [0.2, 0.25) is 0 Å². The van der Waals surface area contributed by atoms with Gasteiger partial charge in [-0.1, -0.05) is 48.5 Å². The average molecular weight is 266 g/mol. The van der Waals surface area contributed by atoms with Crippen molar-refractivity contribution >= 4 is 67.0 Å². The number of rotatable bonds is 0. The van der Waals surface area contributed by atoms with Crippen LogP contribution in [-0.4, -0.2) is 45.5 Å². The van der Waals surface area contributed by atoms with Crippen molar-refractivity contribution in [2.45, 2.75) is 0 Å². The van der Waals surface area contributed by atoms with Crippen molar-refractivity contribution < 1.29 is 0 Å². The summed E-state index contributed by atoms with van der Waals surface area (Å²) in [5.74, 6) is 0. The van der Waals surface area contributed by atoms with Crippen LogP contribution in [0.15, 0.2) is 60.7 Å². The van der Waals surface area contributed by atoms with Gasteiger partial charge in [-0.3, -0.25) is 0 Å². The van der Waals surface area contributed by atoms with Gasteiger partial charge in [-0.2, -0.15) is 0 Å². The summed E-state index contributed by atoms with van der Waals surface area (Å²) in [5, 5.41) is 5.25. The first-order valence-corrected chi connectivity index (χ1v) is 4.81. The minimum atomic E-state index is 0. The summed E-state index contributed by atoms with van der Waals surface area (Å²) < 4.78 is 0. The molecule has 0 amide bonds. The summed E-state index contributed by atoms with van der Waals surface area (Å²) in [6.45, 7) is 0. The zero-order valence-electron chi connectivity index (χ0n) is 8.48. The molecule has 0 bridgehead atoms. The fraction of sp³-hybridized carbons (Fsp3) is 0. The monoisotopic (exact) mass is 266 g/mol. The fourth-order valence-corrected chi connectivity index (χ4v) is 1.88. The largest absolute Gasteiger partial charge is 0.0616 e. The quantitative estimate of drug-likeness (QED) is 0.430. The molecule has 0 saturated heterocycles. The Hall–Kier alpha value is -0.339. The van der Waals surface area contributed by atoms with Crippen LogP contribution in [0.2, 0.25) is 0 Å². The smallest absolute Gasteiger partial charge is 0 e. The molecule has 2 radical (unpaired) electrons. The Kier molecular flexibility index (Phi) is 3.47. The van der Waals surface area contributed by atoms with Crippen LogP contribution in [0.25, 0.3) is 21.5 Å². The van der Waals surface area contributed by atoms with Gasteiger partial charge in [0.05, 0.1) is 0 Å². The van der Waals surface area contributed by atoms with E-state index in [0.29, 0.717) is 0 Å². The molecule has 0 nitrogen and oxygen atoms in total. The molecule has 0 unspecified atom stereocenters. The van der Waals surface area contributed by atoms with Gasteiger partial charge < -0.3 is 0 Å². The van der Waals surface area contributed by atoms with E-state index >= 15 is 0 Å². The van der Waals surface area contributed by atoms with E-state index in [4.69, 9.17) is 0 Å². The predicted molar refractivity (Wildman–Crippen MR) is 67.2 cm³/mol. The molecule has 0 aliphatic heterocycles. The molecule has 0 heterocycles. The van der Waals surface area contributed by atoms with Crippen molar-refractivity contribution in [3.05, 3.63) is 60.7 Å². The Morgan fingerprint density at radius 1 is 0.467 bits per heavy atom. The molecular formula is C14H10Sr. The normalized spacial score (nSPS) is 10.1. The summed E-state index contributed by atoms with van der Waals surface area (Å²) in [4.78, 5) is 0. The first kappa shape index (κ1) is 11.2. The third-order valence-corrected chi connectivity index (χ3v) is 2.61. The molecular weight excluding hydrogens is 256 g/mol. The molecule has 3 aromatic rings. The second-order valence-corrected chi connectivity index (χ2v) is 3.55. The molecule has 0 aliphatic carbocycles. The Labute approximate surface area is 126 Å². The van der Waals surface area contributed by atoms with E-state index in [1.807, 2.05) is 0 Å². The third-order valence-electron chi connectivity index (χ3n) is 2.61. The van der Waals surface area contributed by atoms with Crippen LogP contribution < -0.4 is 0 Å². The zero-order chi connectivity index (χ0) is 9.38. The van der Waals surface area contributed by atoms with E-state index in [2.05, 4.69) is 60.7 Å². The van der Waals surface area contributed by atoms with E-state index < -0.39 is 0 Å². The molecule has 15 heavy (non-hydrogen) atoms. The van der Waals surface area contributed by atoms with Gasteiger partial charge in [0.15, 0.2) is 0 Å². The van der Waals surface area contributed by atoms with Crippen LogP contribution in [0, 0.1) is 0 Å². The minimum Gasteiger partial charge on any atom is -0.0616 e. The van der Waals surface area contributed by atoms with Crippen LogP contribution >= 0.6 is 0 Å². The topological polar surface area (TPSA) is 0 Å². The van der Waals surface area contributed by atoms with Crippen molar-refractivity contribution in [1.82, 2.24) is 0 Å². The van der Waals surface area contributed by atoms with E-state index in [9.17, 15) is 0 Å².